The first-order valence-electron chi connectivity index (χ1n) is 15.1. The lowest BCUT2D eigenvalue weighted by Crippen LogP contribution is -2.48. The molecule has 4 heterocycles. The molecule has 6 rings (SSSR count). The molecule has 0 saturated carbocycles. The molecular weight excluding hydrogens is 556 g/mol. The first-order valence-corrected chi connectivity index (χ1v) is 15.1. The first kappa shape index (κ1) is 29.6. The number of hydrogen-bond acceptors (Lipinski definition) is 9. The van der Waals surface area contributed by atoms with Crippen LogP contribution in [0.1, 0.15) is 25.7 Å². The van der Waals surface area contributed by atoms with E-state index in [-0.39, 0.29) is 5.91 Å². The summed E-state index contributed by atoms with van der Waals surface area (Å²) >= 11 is 0. The molecule has 2 aliphatic rings. The second kappa shape index (κ2) is 13.0. The highest BCUT2D eigenvalue weighted by Gasteiger charge is 2.29. The molecule has 4 aromatic rings. The standard InChI is InChI=1S/C33H40N8O3/c1-5-33(42)38-27-17-28(37-32-18-26(34-21-35-32)22-6-7-29-23(16-22)20-36-39(29)2)31(44-4)19-30(27)41-12-8-24(9-13-41)40-14-10-25(43-3)11-15-40/h5-7,16-21,24-25H,1,8-15H2,2-4H3,(H,38,42)(H,34,35,37). The van der Waals surface area contributed by atoms with Gasteiger partial charge in [0, 0.05) is 69.5 Å². The highest BCUT2D eigenvalue weighted by Crippen LogP contribution is 2.40. The van der Waals surface area contributed by atoms with Crippen LogP contribution in [0.2, 0.25) is 0 Å². The third kappa shape index (κ3) is 6.24. The van der Waals surface area contributed by atoms with Gasteiger partial charge in [-0.15, -0.1) is 0 Å². The number of amides is 1. The van der Waals surface area contributed by atoms with Crippen LogP contribution < -0.4 is 20.3 Å². The zero-order valence-corrected chi connectivity index (χ0v) is 25.6. The maximum absolute atomic E-state index is 12.5. The van der Waals surface area contributed by atoms with Gasteiger partial charge in [0.2, 0.25) is 5.91 Å². The van der Waals surface area contributed by atoms with Gasteiger partial charge in [-0.25, -0.2) is 9.97 Å². The zero-order chi connectivity index (χ0) is 30.6. The predicted molar refractivity (Wildman–Crippen MR) is 174 cm³/mol. The lowest BCUT2D eigenvalue weighted by Gasteiger charge is -2.42. The summed E-state index contributed by atoms with van der Waals surface area (Å²) < 4.78 is 13.3. The number of methoxy groups -OCH3 is 2. The third-order valence-corrected chi connectivity index (χ3v) is 8.86. The Hall–Kier alpha value is -4.48. The molecular formula is C33H40N8O3. The summed E-state index contributed by atoms with van der Waals surface area (Å²) in [6, 6.07) is 12.5. The minimum absolute atomic E-state index is 0.270. The number of rotatable bonds is 9. The number of fused-ring (bicyclic) bond motifs is 1. The number of nitrogens with one attached hydrogen (secondary N) is 2. The molecule has 0 radical (unpaired) electrons. The van der Waals surface area contributed by atoms with Gasteiger partial charge in [0.25, 0.3) is 0 Å². The van der Waals surface area contributed by atoms with Crippen LogP contribution in [-0.2, 0) is 16.6 Å². The molecule has 0 aliphatic carbocycles. The summed E-state index contributed by atoms with van der Waals surface area (Å²) in [5.41, 5.74) is 5.08. The molecule has 0 atom stereocenters. The van der Waals surface area contributed by atoms with E-state index in [0.717, 1.165) is 79.7 Å². The number of ether oxygens (including phenoxy) is 2. The van der Waals surface area contributed by atoms with Crippen LogP contribution in [0.3, 0.4) is 0 Å². The van der Waals surface area contributed by atoms with E-state index in [1.807, 2.05) is 55.4 Å². The number of nitrogens with zero attached hydrogens (tertiary/aromatic N) is 6. The fraction of sp³-hybridized carbons (Fsp3) is 0.394. The molecule has 2 saturated heterocycles. The average molecular weight is 597 g/mol. The molecule has 2 aromatic heterocycles. The molecule has 2 N–H and O–H groups in total. The van der Waals surface area contributed by atoms with Crippen molar-refractivity contribution in [3.05, 3.63) is 61.6 Å². The Balaban J connectivity index is 1.23. The second-order valence-corrected chi connectivity index (χ2v) is 11.4. The van der Waals surface area contributed by atoms with Gasteiger partial charge in [-0.05, 0) is 50.0 Å². The van der Waals surface area contributed by atoms with Crippen molar-refractivity contribution in [2.75, 3.05) is 55.9 Å². The lowest BCUT2D eigenvalue weighted by atomic mass is 9.98. The SMILES string of the molecule is C=CC(=O)Nc1cc(Nc2cc(-c3ccc4c(cnn4C)c3)ncn2)c(OC)cc1N1CCC(N2CCC(OC)CC2)CC1. The maximum Gasteiger partial charge on any atom is 0.247 e. The Morgan fingerprint density at radius 2 is 1.80 bits per heavy atom. The number of anilines is 4. The summed E-state index contributed by atoms with van der Waals surface area (Å²) in [5, 5.41) is 11.8. The van der Waals surface area contributed by atoms with E-state index in [2.05, 4.69) is 48.1 Å². The van der Waals surface area contributed by atoms with E-state index in [9.17, 15) is 4.79 Å². The Bertz CT molecular complexity index is 1640. The number of benzene rings is 2. The Morgan fingerprint density at radius 3 is 2.52 bits per heavy atom. The molecule has 230 valence electrons. The monoisotopic (exact) mass is 596 g/mol. The van der Waals surface area contributed by atoms with Gasteiger partial charge in [0.05, 0.1) is 47.7 Å². The van der Waals surface area contributed by atoms with E-state index in [1.54, 1.807) is 7.11 Å². The molecule has 0 bridgehead atoms. The van der Waals surface area contributed by atoms with Crippen LogP contribution in [0.15, 0.2) is 61.6 Å². The van der Waals surface area contributed by atoms with E-state index < -0.39 is 0 Å². The quantitative estimate of drug-likeness (QED) is 0.258. The number of hydrogen-bond donors (Lipinski definition) is 2. The Kier molecular flexibility index (Phi) is 8.76. The first-order chi connectivity index (χ1) is 21.4. The minimum atomic E-state index is -0.270. The van der Waals surface area contributed by atoms with E-state index in [0.29, 0.717) is 35.1 Å². The molecule has 11 nitrogen and oxygen atoms in total. The van der Waals surface area contributed by atoms with Crippen LogP contribution in [0, 0.1) is 0 Å². The summed E-state index contributed by atoms with van der Waals surface area (Å²) in [7, 11) is 5.39. The number of likely N-dealkylation sites (tertiary alicyclic amines) is 1. The molecule has 44 heavy (non-hydrogen) atoms. The van der Waals surface area contributed by atoms with Crippen LogP contribution in [0.4, 0.5) is 22.9 Å². The number of carbonyl (C=O) groups is 1. The molecule has 1 amide bonds. The summed E-state index contributed by atoms with van der Waals surface area (Å²) in [4.78, 5) is 26.4. The maximum atomic E-state index is 12.5. The van der Waals surface area contributed by atoms with Gasteiger partial charge in [-0.3, -0.25) is 9.48 Å². The third-order valence-electron chi connectivity index (χ3n) is 8.86. The largest absolute Gasteiger partial charge is 0.494 e. The van der Waals surface area contributed by atoms with Gasteiger partial charge in [-0.2, -0.15) is 5.10 Å². The Morgan fingerprint density at radius 1 is 1.00 bits per heavy atom. The normalized spacial score (nSPS) is 16.7. The van der Waals surface area contributed by atoms with Gasteiger partial charge >= 0.3 is 0 Å². The number of aromatic nitrogens is 4. The fourth-order valence-corrected chi connectivity index (χ4v) is 6.37. The minimum Gasteiger partial charge on any atom is -0.494 e. The van der Waals surface area contributed by atoms with Crippen molar-refractivity contribution in [2.45, 2.75) is 37.8 Å². The topological polar surface area (TPSA) is 110 Å². The highest BCUT2D eigenvalue weighted by atomic mass is 16.5. The Labute approximate surface area is 257 Å². The van der Waals surface area contributed by atoms with Gasteiger partial charge in [0.1, 0.15) is 17.9 Å². The van der Waals surface area contributed by atoms with Crippen molar-refractivity contribution >= 4 is 39.7 Å². The van der Waals surface area contributed by atoms with E-state index >= 15 is 0 Å². The number of carbonyl (C=O) groups excluding carboxylic acids is 1. The molecule has 0 unspecified atom stereocenters. The zero-order valence-electron chi connectivity index (χ0n) is 25.6. The van der Waals surface area contributed by atoms with Crippen molar-refractivity contribution in [3.63, 3.8) is 0 Å². The summed E-state index contributed by atoms with van der Waals surface area (Å²) in [6.07, 6.45) is 9.35. The van der Waals surface area contributed by atoms with E-state index in [4.69, 9.17) is 9.47 Å². The molecule has 0 spiro atoms. The number of aryl methyl sites for hydroxylation is 1. The summed E-state index contributed by atoms with van der Waals surface area (Å²) in [6.45, 7) is 7.59. The molecule has 2 aromatic carbocycles. The van der Waals surface area contributed by atoms with E-state index in [1.165, 1.54) is 12.4 Å². The van der Waals surface area contributed by atoms with Crippen molar-refractivity contribution in [1.29, 1.82) is 0 Å². The van der Waals surface area contributed by atoms with Crippen molar-refractivity contribution in [2.24, 2.45) is 7.05 Å². The highest BCUT2D eigenvalue weighted by molar-refractivity contribution is 6.02. The van der Waals surface area contributed by atoms with Crippen molar-refractivity contribution in [1.82, 2.24) is 24.6 Å². The lowest BCUT2D eigenvalue weighted by molar-refractivity contribution is -0.111. The summed E-state index contributed by atoms with van der Waals surface area (Å²) in [5.74, 6) is 0.983. The van der Waals surface area contributed by atoms with Crippen molar-refractivity contribution < 1.29 is 14.3 Å². The fourth-order valence-electron chi connectivity index (χ4n) is 6.37. The van der Waals surface area contributed by atoms with Crippen LogP contribution in [0.25, 0.3) is 22.2 Å². The van der Waals surface area contributed by atoms with Crippen molar-refractivity contribution in [3.8, 4) is 17.0 Å². The van der Waals surface area contributed by atoms with Gasteiger partial charge < -0.3 is 29.9 Å². The molecule has 2 aliphatic heterocycles. The molecule has 2 fully saturated rings. The number of piperidine rings is 2. The van der Waals surface area contributed by atoms with Gasteiger partial charge in [0.15, 0.2) is 0 Å². The predicted octanol–water partition coefficient (Wildman–Crippen LogP) is 4.99. The smallest absolute Gasteiger partial charge is 0.247 e. The average Bonchev–Trinajstić information content (AvgIpc) is 3.44. The van der Waals surface area contributed by atoms with Crippen LogP contribution in [-0.4, -0.2) is 83.1 Å². The second-order valence-electron chi connectivity index (χ2n) is 11.4. The van der Waals surface area contributed by atoms with Crippen LogP contribution >= 0.6 is 0 Å². The van der Waals surface area contributed by atoms with Crippen LogP contribution in [0.5, 0.6) is 5.75 Å². The molecule has 11 heteroatoms. The van der Waals surface area contributed by atoms with Gasteiger partial charge in [-0.1, -0.05) is 12.6 Å².